The van der Waals surface area contributed by atoms with Crippen LogP contribution in [0.2, 0.25) is 0 Å². The number of nitrogens with zero attached hydrogens (tertiary/aromatic N) is 1. The molecule has 0 atom stereocenters. The van der Waals surface area contributed by atoms with E-state index in [-0.39, 0.29) is 0 Å². The molecule has 1 aliphatic carbocycles. The van der Waals surface area contributed by atoms with E-state index in [1.807, 2.05) is 13.8 Å². The van der Waals surface area contributed by atoms with Crippen LogP contribution in [0.15, 0.2) is 0 Å². The fourth-order valence-corrected chi connectivity index (χ4v) is 2.04. The Kier molecular flexibility index (Phi) is 2.98. The zero-order valence-corrected chi connectivity index (χ0v) is 8.64. The lowest BCUT2D eigenvalue weighted by atomic mass is 9.72. The van der Waals surface area contributed by atoms with E-state index in [0.717, 1.165) is 25.7 Å². The van der Waals surface area contributed by atoms with Crippen LogP contribution in [0.5, 0.6) is 0 Å². The molecule has 13 heavy (non-hydrogen) atoms. The predicted molar refractivity (Wildman–Crippen MR) is 52.0 cm³/mol. The Morgan fingerprint density at radius 3 is 2.00 bits per heavy atom. The molecule has 0 radical (unpaired) electrons. The summed E-state index contributed by atoms with van der Waals surface area (Å²) in [7, 11) is 0. The van der Waals surface area contributed by atoms with Gasteiger partial charge in [-0.05, 0) is 26.7 Å². The molecule has 2 heteroatoms. The van der Waals surface area contributed by atoms with Crippen molar-refractivity contribution in [3.05, 3.63) is 0 Å². The second-order valence-corrected chi connectivity index (χ2v) is 4.68. The molecule has 1 rings (SSSR count). The molecule has 0 spiro atoms. The molecule has 1 fully saturated rings. The Morgan fingerprint density at radius 1 is 1.15 bits per heavy atom. The molecule has 74 valence electrons. The third-order valence-electron chi connectivity index (χ3n) is 3.37. The zero-order chi connectivity index (χ0) is 9.95. The number of hydrogen-bond donors (Lipinski definition) is 1. The third-order valence-corrected chi connectivity index (χ3v) is 3.37. The van der Waals surface area contributed by atoms with E-state index in [2.05, 4.69) is 6.07 Å². The van der Waals surface area contributed by atoms with Crippen molar-refractivity contribution < 1.29 is 5.11 Å². The van der Waals surface area contributed by atoms with Crippen molar-refractivity contribution in [2.24, 2.45) is 5.41 Å². The van der Waals surface area contributed by atoms with Crippen LogP contribution < -0.4 is 0 Å². The van der Waals surface area contributed by atoms with Crippen LogP contribution in [0.3, 0.4) is 0 Å². The van der Waals surface area contributed by atoms with E-state index in [0.29, 0.717) is 0 Å². The van der Waals surface area contributed by atoms with Crippen molar-refractivity contribution in [2.75, 3.05) is 0 Å². The molecule has 2 nitrogen and oxygen atoms in total. The Morgan fingerprint density at radius 2 is 1.62 bits per heavy atom. The van der Waals surface area contributed by atoms with Crippen molar-refractivity contribution >= 4 is 0 Å². The van der Waals surface area contributed by atoms with E-state index in [9.17, 15) is 5.11 Å². The van der Waals surface area contributed by atoms with Gasteiger partial charge >= 0.3 is 0 Å². The van der Waals surface area contributed by atoms with Gasteiger partial charge in [0.2, 0.25) is 0 Å². The Hall–Kier alpha value is -0.550. The molecule has 0 saturated heterocycles. The van der Waals surface area contributed by atoms with Crippen molar-refractivity contribution in [1.29, 1.82) is 5.26 Å². The van der Waals surface area contributed by atoms with Crippen molar-refractivity contribution in [3.8, 4) is 6.07 Å². The first-order valence-electron chi connectivity index (χ1n) is 5.15. The summed E-state index contributed by atoms with van der Waals surface area (Å²) in [5, 5.41) is 19.3. The van der Waals surface area contributed by atoms with Gasteiger partial charge in [-0.3, -0.25) is 0 Å². The van der Waals surface area contributed by atoms with Gasteiger partial charge in [0.1, 0.15) is 0 Å². The highest BCUT2D eigenvalue weighted by molar-refractivity contribution is 5.06. The summed E-state index contributed by atoms with van der Waals surface area (Å²) in [6, 6.07) is 2.23. The van der Waals surface area contributed by atoms with Crippen LogP contribution in [-0.2, 0) is 0 Å². The van der Waals surface area contributed by atoms with E-state index in [1.54, 1.807) is 0 Å². The molecule has 0 aromatic rings. The minimum absolute atomic E-state index is 0.600. The van der Waals surface area contributed by atoms with Gasteiger partial charge in [0.15, 0.2) is 0 Å². The largest absolute Gasteiger partial charge is 0.388 e. The van der Waals surface area contributed by atoms with Crippen LogP contribution in [0.1, 0.15) is 52.4 Å². The van der Waals surface area contributed by atoms with Gasteiger partial charge in [0.05, 0.1) is 17.1 Å². The molecule has 0 aromatic heterocycles. The van der Waals surface area contributed by atoms with Crippen LogP contribution in [0, 0.1) is 16.7 Å². The first-order chi connectivity index (χ1) is 6.02. The van der Waals surface area contributed by atoms with E-state index >= 15 is 0 Å². The summed E-state index contributed by atoms with van der Waals surface area (Å²) in [5.74, 6) is 0. The SMILES string of the molecule is CC(C)(C#N)C1(O)CCCCCC1. The van der Waals surface area contributed by atoms with Crippen LogP contribution in [0.25, 0.3) is 0 Å². The fourth-order valence-electron chi connectivity index (χ4n) is 2.04. The molecule has 0 bridgehead atoms. The topological polar surface area (TPSA) is 44.0 Å². The van der Waals surface area contributed by atoms with Crippen LogP contribution in [-0.4, -0.2) is 10.7 Å². The summed E-state index contributed by atoms with van der Waals surface area (Å²) in [5.41, 5.74) is -1.35. The van der Waals surface area contributed by atoms with Gasteiger partial charge in [0.25, 0.3) is 0 Å². The second kappa shape index (κ2) is 3.67. The van der Waals surface area contributed by atoms with Crippen molar-refractivity contribution in [1.82, 2.24) is 0 Å². The summed E-state index contributed by atoms with van der Waals surface area (Å²) in [6.07, 6.45) is 6.08. The zero-order valence-electron chi connectivity index (χ0n) is 8.64. The molecule has 0 unspecified atom stereocenters. The highest BCUT2D eigenvalue weighted by Crippen LogP contribution is 2.40. The minimum Gasteiger partial charge on any atom is -0.388 e. The van der Waals surface area contributed by atoms with Crippen molar-refractivity contribution in [2.45, 2.75) is 58.0 Å². The van der Waals surface area contributed by atoms with Gasteiger partial charge in [-0.2, -0.15) is 5.26 Å². The average molecular weight is 181 g/mol. The maximum atomic E-state index is 10.4. The van der Waals surface area contributed by atoms with Gasteiger partial charge in [-0.1, -0.05) is 25.7 Å². The average Bonchev–Trinajstić information content (AvgIpc) is 2.31. The summed E-state index contributed by atoms with van der Waals surface area (Å²) >= 11 is 0. The van der Waals surface area contributed by atoms with E-state index < -0.39 is 11.0 Å². The summed E-state index contributed by atoms with van der Waals surface area (Å²) < 4.78 is 0. The van der Waals surface area contributed by atoms with Crippen LogP contribution in [0.4, 0.5) is 0 Å². The second-order valence-electron chi connectivity index (χ2n) is 4.68. The maximum absolute atomic E-state index is 10.4. The molecule has 1 aliphatic rings. The van der Waals surface area contributed by atoms with E-state index in [4.69, 9.17) is 5.26 Å². The molecule has 0 heterocycles. The Bertz CT molecular complexity index is 207. The smallest absolute Gasteiger partial charge is 0.0827 e. The predicted octanol–water partition coefficient (Wildman–Crippen LogP) is 2.62. The lowest BCUT2D eigenvalue weighted by molar-refractivity contribution is -0.0511. The number of rotatable bonds is 1. The molecule has 0 amide bonds. The lowest BCUT2D eigenvalue weighted by Crippen LogP contribution is -2.43. The standard InChI is InChI=1S/C11H19NO/c1-10(2,9-12)11(13)7-5-3-4-6-8-11/h13H,3-8H2,1-2H3. The van der Waals surface area contributed by atoms with Gasteiger partial charge in [0, 0.05) is 0 Å². The Balaban J connectivity index is 2.78. The van der Waals surface area contributed by atoms with Gasteiger partial charge in [-0.25, -0.2) is 0 Å². The first-order valence-corrected chi connectivity index (χ1v) is 5.15. The molecule has 0 aliphatic heterocycles. The summed E-state index contributed by atoms with van der Waals surface area (Å²) in [4.78, 5) is 0. The minimum atomic E-state index is -0.752. The molecular formula is C11H19NO. The Labute approximate surface area is 80.6 Å². The third kappa shape index (κ3) is 2.03. The quantitative estimate of drug-likeness (QED) is 0.632. The first kappa shape index (κ1) is 10.5. The molecule has 1 N–H and O–H groups in total. The highest BCUT2D eigenvalue weighted by Gasteiger charge is 2.43. The summed E-state index contributed by atoms with van der Waals surface area (Å²) in [6.45, 7) is 3.69. The fraction of sp³-hybridized carbons (Fsp3) is 0.909. The van der Waals surface area contributed by atoms with Crippen molar-refractivity contribution in [3.63, 3.8) is 0 Å². The van der Waals surface area contributed by atoms with Crippen LogP contribution >= 0.6 is 0 Å². The monoisotopic (exact) mass is 181 g/mol. The number of hydrogen-bond acceptors (Lipinski definition) is 2. The lowest BCUT2D eigenvalue weighted by Gasteiger charge is -2.37. The molecule has 1 saturated carbocycles. The number of aliphatic hydroxyl groups is 1. The van der Waals surface area contributed by atoms with Gasteiger partial charge < -0.3 is 5.11 Å². The maximum Gasteiger partial charge on any atom is 0.0827 e. The molecule has 0 aromatic carbocycles. The highest BCUT2D eigenvalue weighted by atomic mass is 16.3. The molecular weight excluding hydrogens is 162 g/mol. The normalized spacial score (nSPS) is 23.2. The van der Waals surface area contributed by atoms with E-state index in [1.165, 1.54) is 12.8 Å². The van der Waals surface area contributed by atoms with Gasteiger partial charge in [-0.15, -0.1) is 0 Å². The number of nitriles is 1.